The average molecular weight is 336 g/mol. The summed E-state index contributed by atoms with van der Waals surface area (Å²) < 4.78 is 0. The minimum atomic E-state index is -0.173. The van der Waals surface area contributed by atoms with E-state index in [1.54, 1.807) is 23.5 Å². The largest absolute Gasteiger partial charge is 0.317 e. The van der Waals surface area contributed by atoms with Crippen LogP contribution in [0, 0.1) is 6.92 Å². The average Bonchev–Trinajstić information content (AvgIpc) is 2.99. The number of hydrogen-bond acceptors (Lipinski definition) is 4. The van der Waals surface area contributed by atoms with Gasteiger partial charge in [0.05, 0.1) is 0 Å². The first-order valence-electron chi connectivity index (χ1n) is 7.37. The van der Waals surface area contributed by atoms with Crippen molar-refractivity contribution in [1.29, 1.82) is 0 Å². The molecule has 1 fully saturated rings. The molecular weight excluding hydrogens is 318 g/mol. The Hall–Kier alpha value is -1.43. The van der Waals surface area contributed by atoms with Crippen molar-refractivity contribution in [1.82, 2.24) is 10.3 Å². The molecule has 0 radical (unpaired) electrons. The van der Waals surface area contributed by atoms with Gasteiger partial charge in [0.15, 0.2) is 5.13 Å². The van der Waals surface area contributed by atoms with Crippen LogP contribution >= 0.6 is 22.9 Å². The van der Waals surface area contributed by atoms with Crippen molar-refractivity contribution in [3.05, 3.63) is 45.4 Å². The monoisotopic (exact) mass is 335 g/mol. The maximum atomic E-state index is 12.3. The Labute approximate surface area is 138 Å². The van der Waals surface area contributed by atoms with Crippen LogP contribution in [0.4, 0.5) is 5.13 Å². The summed E-state index contributed by atoms with van der Waals surface area (Å²) in [6.07, 6.45) is 4.14. The van der Waals surface area contributed by atoms with Crippen LogP contribution in [-0.2, 0) is 0 Å². The molecule has 0 saturated carbocycles. The quantitative estimate of drug-likeness (QED) is 0.896. The Kier molecular flexibility index (Phi) is 4.76. The van der Waals surface area contributed by atoms with Gasteiger partial charge in [-0.3, -0.25) is 10.1 Å². The third kappa shape index (κ3) is 3.48. The molecule has 1 amide bonds. The summed E-state index contributed by atoms with van der Waals surface area (Å²) in [5.41, 5.74) is 1.51. The molecule has 116 valence electrons. The molecule has 0 aliphatic carbocycles. The van der Waals surface area contributed by atoms with E-state index < -0.39 is 0 Å². The zero-order chi connectivity index (χ0) is 15.5. The van der Waals surface area contributed by atoms with Crippen molar-refractivity contribution in [3.63, 3.8) is 0 Å². The number of anilines is 1. The number of aryl methyl sites for hydroxylation is 1. The minimum Gasteiger partial charge on any atom is -0.317 e. The zero-order valence-electron chi connectivity index (χ0n) is 12.4. The Bertz CT molecular complexity index is 680. The van der Waals surface area contributed by atoms with E-state index in [0.717, 1.165) is 31.5 Å². The molecule has 0 spiro atoms. The Morgan fingerprint density at radius 3 is 2.91 bits per heavy atom. The number of benzene rings is 1. The summed E-state index contributed by atoms with van der Waals surface area (Å²) in [6, 6.07) is 5.31. The maximum Gasteiger partial charge on any atom is 0.257 e. The van der Waals surface area contributed by atoms with Crippen LogP contribution in [0.2, 0.25) is 5.02 Å². The number of halogens is 1. The van der Waals surface area contributed by atoms with E-state index in [2.05, 4.69) is 15.6 Å². The van der Waals surface area contributed by atoms with E-state index in [1.165, 1.54) is 4.88 Å². The Balaban J connectivity index is 1.68. The van der Waals surface area contributed by atoms with E-state index in [4.69, 9.17) is 11.6 Å². The highest BCUT2D eigenvalue weighted by Crippen LogP contribution is 2.31. The number of amides is 1. The fraction of sp³-hybridized carbons (Fsp3) is 0.375. The molecule has 2 heterocycles. The first kappa shape index (κ1) is 15.5. The van der Waals surface area contributed by atoms with E-state index in [-0.39, 0.29) is 5.91 Å². The molecule has 0 unspecified atom stereocenters. The first-order valence-corrected chi connectivity index (χ1v) is 8.57. The standard InChI is InChI=1S/C16H18ClN3OS/c1-10-2-3-12(8-13(10)17)15(21)20-16-19-9-14(22-16)11-4-6-18-7-5-11/h2-3,8-9,11,18H,4-7H2,1H3,(H,19,20,21). The van der Waals surface area contributed by atoms with Gasteiger partial charge in [-0.15, -0.1) is 11.3 Å². The molecule has 1 aliphatic heterocycles. The van der Waals surface area contributed by atoms with E-state index >= 15 is 0 Å². The number of nitrogens with zero attached hydrogens (tertiary/aromatic N) is 1. The number of carbonyl (C=O) groups is 1. The lowest BCUT2D eigenvalue weighted by molar-refractivity contribution is 0.102. The summed E-state index contributed by atoms with van der Waals surface area (Å²) in [4.78, 5) is 17.8. The SMILES string of the molecule is Cc1ccc(C(=O)Nc2ncc(C3CCNCC3)s2)cc1Cl. The van der Waals surface area contributed by atoms with E-state index in [9.17, 15) is 4.79 Å². The van der Waals surface area contributed by atoms with Gasteiger partial charge in [-0.05, 0) is 56.5 Å². The topological polar surface area (TPSA) is 54.0 Å². The van der Waals surface area contributed by atoms with Crippen molar-refractivity contribution < 1.29 is 4.79 Å². The van der Waals surface area contributed by atoms with Crippen molar-refractivity contribution >= 4 is 34.0 Å². The molecule has 2 aromatic rings. The third-order valence-electron chi connectivity index (χ3n) is 3.92. The van der Waals surface area contributed by atoms with Crippen LogP contribution in [0.25, 0.3) is 0 Å². The lowest BCUT2D eigenvalue weighted by atomic mass is 9.97. The van der Waals surface area contributed by atoms with Gasteiger partial charge in [0.2, 0.25) is 0 Å². The van der Waals surface area contributed by atoms with Crippen LogP contribution in [0.3, 0.4) is 0 Å². The first-order chi connectivity index (χ1) is 10.6. The predicted octanol–water partition coefficient (Wildman–Crippen LogP) is 3.82. The van der Waals surface area contributed by atoms with Crippen LogP contribution in [0.5, 0.6) is 0 Å². The van der Waals surface area contributed by atoms with Crippen LogP contribution in [0.1, 0.15) is 39.6 Å². The highest BCUT2D eigenvalue weighted by Gasteiger charge is 2.18. The molecule has 2 N–H and O–H groups in total. The molecule has 6 heteroatoms. The Morgan fingerprint density at radius 2 is 2.18 bits per heavy atom. The van der Waals surface area contributed by atoms with Crippen molar-refractivity contribution in [2.45, 2.75) is 25.7 Å². The van der Waals surface area contributed by atoms with Crippen LogP contribution in [0.15, 0.2) is 24.4 Å². The number of hydrogen-bond donors (Lipinski definition) is 2. The second kappa shape index (κ2) is 6.77. The van der Waals surface area contributed by atoms with Crippen LogP contribution < -0.4 is 10.6 Å². The van der Waals surface area contributed by atoms with Crippen molar-refractivity contribution in [2.24, 2.45) is 0 Å². The highest BCUT2D eigenvalue weighted by molar-refractivity contribution is 7.15. The van der Waals surface area contributed by atoms with Crippen molar-refractivity contribution in [2.75, 3.05) is 18.4 Å². The molecular formula is C16H18ClN3OS. The van der Waals surface area contributed by atoms with Gasteiger partial charge < -0.3 is 5.32 Å². The summed E-state index contributed by atoms with van der Waals surface area (Å²) in [5.74, 6) is 0.381. The molecule has 4 nitrogen and oxygen atoms in total. The molecule has 1 aromatic heterocycles. The van der Waals surface area contributed by atoms with Crippen LogP contribution in [-0.4, -0.2) is 24.0 Å². The number of carbonyl (C=O) groups excluding carboxylic acids is 1. The fourth-order valence-corrected chi connectivity index (χ4v) is 3.70. The minimum absolute atomic E-state index is 0.173. The molecule has 1 saturated heterocycles. The van der Waals surface area contributed by atoms with E-state index in [0.29, 0.717) is 21.6 Å². The molecule has 3 rings (SSSR count). The number of thiazole rings is 1. The maximum absolute atomic E-state index is 12.3. The van der Waals surface area contributed by atoms with Gasteiger partial charge in [0.1, 0.15) is 0 Å². The molecule has 1 aliphatic rings. The van der Waals surface area contributed by atoms with Gasteiger partial charge in [-0.1, -0.05) is 17.7 Å². The summed E-state index contributed by atoms with van der Waals surface area (Å²) in [5, 5.41) is 7.46. The van der Waals surface area contributed by atoms with Gasteiger partial charge in [0, 0.05) is 21.7 Å². The molecule has 0 bridgehead atoms. The second-order valence-corrected chi connectivity index (χ2v) is 6.98. The normalized spacial score (nSPS) is 15.7. The highest BCUT2D eigenvalue weighted by atomic mass is 35.5. The number of aromatic nitrogens is 1. The molecule has 0 atom stereocenters. The number of nitrogens with one attached hydrogen (secondary N) is 2. The van der Waals surface area contributed by atoms with E-state index in [1.807, 2.05) is 19.2 Å². The third-order valence-corrected chi connectivity index (χ3v) is 5.40. The molecule has 22 heavy (non-hydrogen) atoms. The second-order valence-electron chi connectivity index (χ2n) is 5.51. The van der Waals surface area contributed by atoms with Crippen molar-refractivity contribution in [3.8, 4) is 0 Å². The number of piperidine rings is 1. The lowest BCUT2D eigenvalue weighted by Gasteiger charge is -2.20. The summed E-state index contributed by atoms with van der Waals surface area (Å²) in [6.45, 7) is 4.01. The summed E-state index contributed by atoms with van der Waals surface area (Å²) in [7, 11) is 0. The lowest BCUT2D eigenvalue weighted by Crippen LogP contribution is -2.26. The van der Waals surface area contributed by atoms with Gasteiger partial charge in [-0.2, -0.15) is 0 Å². The summed E-state index contributed by atoms with van der Waals surface area (Å²) >= 11 is 7.63. The predicted molar refractivity (Wildman–Crippen MR) is 91.1 cm³/mol. The fourth-order valence-electron chi connectivity index (χ4n) is 2.54. The number of rotatable bonds is 3. The molecule has 1 aromatic carbocycles. The Morgan fingerprint density at radius 1 is 1.41 bits per heavy atom. The van der Waals surface area contributed by atoms with Gasteiger partial charge in [0.25, 0.3) is 5.91 Å². The van der Waals surface area contributed by atoms with Gasteiger partial charge in [-0.25, -0.2) is 4.98 Å². The smallest absolute Gasteiger partial charge is 0.257 e. The van der Waals surface area contributed by atoms with Gasteiger partial charge >= 0.3 is 0 Å². The zero-order valence-corrected chi connectivity index (χ0v) is 13.9.